The van der Waals surface area contributed by atoms with Crippen molar-refractivity contribution in [2.45, 2.75) is 6.61 Å². The first-order chi connectivity index (χ1) is 17.1. The van der Waals surface area contributed by atoms with Crippen molar-refractivity contribution in [2.24, 2.45) is 0 Å². The minimum Gasteiger partial charge on any atom is -0.493 e. The van der Waals surface area contributed by atoms with E-state index in [2.05, 4.69) is 11.1 Å². The lowest BCUT2D eigenvalue weighted by molar-refractivity contribution is 0.284. The highest BCUT2D eigenvalue weighted by atomic mass is 32.1. The van der Waals surface area contributed by atoms with Crippen molar-refractivity contribution in [3.05, 3.63) is 88.2 Å². The van der Waals surface area contributed by atoms with Crippen LogP contribution in [0.1, 0.15) is 16.1 Å². The second-order valence-corrected chi connectivity index (χ2v) is 8.32. The van der Waals surface area contributed by atoms with Crippen LogP contribution in [0.2, 0.25) is 0 Å². The number of hydrogen-bond donors (Lipinski definition) is 0. The molecule has 0 aliphatic carbocycles. The summed E-state index contributed by atoms with van der Waals surface area (Å²) in [6.07, 6.45) is 1.79. The van der Waals surface area contributed by atoms with Crippen LogP contribution in [0.15, 0.2) is 72.1 Å². The second kappa shape index (κ2) is 11.2. The number of benzene rings is 3. The predicted octanol–water partition coefficient (Wildman–Crippen LogP) is 6.48. The van der Waals surface area contributed by atoms with Crippen LogP contribution in [0.3, 0.4) is 0 Å². The summed E-state index contributed by atoms with van der Waals surface area (Å²) in [4.78, 5) is 4.68. The Labute approximate surface area is 208 Å². The van der Waals surface area contributed by atoms with E-state index < -0.39 is 0 Å². The first kappa shape index (κ1) is 23.9. The van der Waals surface area contributed by atoms with Crippen LogP contribution in [0.25, 0.3) is 22.9 Å². The molecule has 0 aliphatic heterocycles. The molecular formula is C28H24N2O4S. The number of nitriles is 1. The Balaban J connectivity index is 1.56. The van der Waals surface area contributed by atoms with E-state index in [0.29, 0.717) is 40.2 Å². The summed E-state index contributed by atoms with van der Waals surface area (Å²) in [5, 5.41) is 12.4. The van der Waals surface area contributed by atoms with Crippen molar-refractivity contribution in [3.8, 4) is 40.3 Å². The highest BCUT2D eigenvalue weighted by molar-refractivity contribution is 7.11. The molecule has 0 unspecified atom stereocenters. The summed E-state index contributed by atoms with van der Waals surface area (Å²) < 4.78 is 22.2. The molecule has 6 nitrogen and oxygen atoms in total. The van der Waals surface area contributed by atoms with Crippen molar-refractivity contribution >= 4 is 23.0 Å². The van der Waals surface area contributed by atoms with Crippen LogP contribution in [0.4, 0.5) is 0 Å². The number of ether oxygens (including phenoxy) is 4. The summed E-state index contributed by atoms with van der Waals surface area (Å²) in [6, 6.07) is 23.4. The average molecular weight is 485 g/mol. The Morgan fingerprint density at radius 3 is 2.31 bits per heavy atom. The number of allylic oxidation sites excluding steroid dienone is 1. The van der Waals surface area contributed by atoms with Crippen molar-refractivity contribution < 1.29 is 18.9 Å². The number of nitrogens with zero attached hydrogens (tertiary/aromatic N) is 2. The lowest BCUT2D eigenvalue weighted by Crippen LogP contribution is -1.97. The molecule has 0 fully saturated rings. The molecule has 0 atom stereocenters. The van der Waals surface area contributed by atoms with E-state index in [-0.39, 0.29) is 0 Å². The number of rotatable bonds is 9. The Morgan fingerprint density at radius 1 is 0.886 bits per heavy atom. The zero-order valence-electron chi connectivity index (χ0n) is 19.6. The molecule has 7 heteroatoms. The van der Waals surface area contributed by atoms with E-state index in [4.69, 9.17) is 18.9 Å². The maximum absolute atomic E-state index is 9.82. The first-order valence-electron chi connectivity index (χ1n) is 10.8. The summed E-state index contributed by atoms with van der Waals surface area (Å²) in [5.41, 5.74) is 3.98. The number of thiazole rings is 1. The lowest BCUT2D eigenvalue weighted by atomic mass is 10.1. The molecule has 1 aromatic heterocycles. The van der Waals surface area contributed by atoms with Gasteiger partial charge in [0.2, 0.25) is 0 Å². The van der Waals surface area contributed by atoms with Crippen molar-refractivity contribution in [3.63, 3.8) is 0 Å². The van der Waals surface area contributed by atoms with Crippen LogP contribution >= 0.6 is 11.3 Å². The molecule has 35 heavy (non-hydrogen) atoms. The zero-order chi connectivity index (χ0) is 24.6. The van der Waals surface area contributed by atoms with Gasteiger partial charge in [-0.25, -0.2) is 4.98 Å². The minimum absolute atomic E-state index is 0.438. The van der Waals surface area contributed by atoms with E-state index in [0.717, 1.165) is 22.4 Å². The second-order valence-electron chi connectivity index (χ2n) is 7.46. The van der Waals surface area contributed by atoms with E-state index >= 15 is 0 Å². The summed E-state index contributed by atoms with van der Waals surface area (Å²) in [5.74, 6) is 2.50. The normalized spacial score (nSPS) is 11.0. The van der Waals surface area contributed by atoms with Gasteiger partial charge in [0.05, 0.1) is 32.6 Å². The van der Waals surface area contributed by atoms with Gasteiger partial charge in [0, 0.05) is 10.9 Å². The number of hydrogen-bond acceptors (Lipinski definition) is 7. The molecule has 4 rings (SSSR count). The molecule has 0 radical (unpaired) electrons. The van der Waals surface area contributed by atoms with Gasteiger partial charge in [-0.1, -0.05) is 36.4 Å². The molecule has 0 spiro atoms. The highest BCUT2D eigenvalue weighted by Gasteiger charge is 2.13. The van der Waals surface area contributed by atoms with Gasteiger partial charge in [0.15, 0.2) is 23.0 Å². The number of methoxy groups -OCH3 is 3. The molecule has 0 aliphatic rings. The molecule has 0 saturated carbocycles. The van der Waals surface area contributed by atoms with Crippen LogP contribution in [0.5, 0.6) is 23.0 Å². The van der Waals surface area contributed by atoms with Gasteiger partial charge in [0.25, 0.3) is 0 Å². The molecule has 0 bridgehead atoms. The van der Waals surface area contributed by atoms with Crippen molar-refractivity contribution in [1.82, 2.24) is 4.98 Å². The highest BCUT2D eigenvalue weighted by Crippen LogP contribution is 2.35. The quantitative estimate of drug-likeness (QED) is 0.253. The zero-order valence-corrected chi connectivity index (χ0v) is 20.5. The van der Waals surface area contributed by atoms with E-state index in [1.807, 2.05) is 72.1 Å². The van der Waals surface area contributed by atoms with Gasteiger partial charge in [-0.15, -0.1) is 11.3 Å². The molecule has 1 heterocycles. The molecule has 0 N–H and O–H groups in total. The third kappa shape index (κ3) is 5.62. The number of aromatic nitrogens is 1. The summed E-state index contributed by atoms with van der Waals surface area (Å²) in [6.45, 7) is 0.438. The van der Waals surface area contributed by atoms with E-state index in [9.17, 15) is 5.26 Å². The fourth-order valence-electron chi connectivity index (χ4n) is 3.46. The Bertz CT molecular complexity index is 1370. The third-order valence-corrected chi connectivity index (χ3v) is 6.15. The minimum atomic E-state index is 0.438. The monoisotopic (exact) mass is 484 g/mol. The van der Waals surface area contributed by atoms with Gasteiger partial charge >= 0.3 is 0 Å². The molecule has 0 saturated heterocycles. The smallest absolute Gasteiger partial charge is 0.161 e. The fraction of sp³-hybridized carbons (Fsp3) is 0.143. The van der Waals surface area contributed by atoms with Crippen LogP contribution in [-0.4, -0.2) is 26.3 Å². The van der Waals surface area contributed by atoms with Gasteiger partial charge in [-0.3, -0.25) is 0 Å². The largest absolute Gasteiger partial charge is 0.493 e. The fourth-order valence-corrected chi connectivity index (χ4v) is 4.26. The molecular weight excluding hydrogens is 460 g/mol. The maximum atomic E-state index is 9.82. The van der Waals surface area contributed by atoms with Gasteiger partial charge in [-0.2, -0.15) is 5.26 Å². The summed E-state index contributed by atoms with van der Waals surface area (Å²) in [7, 11) is 4.79. The van der Waals surface area contributed by atoms with Crippen LogP contribution in [-0.2, 0) is 6.61 Å². The Hall–Kier alpha value is -4.28. The predicted molar refractivity (Wildman–Crippen MR) is 138 cm³/mol. The van der Waals surface area contributed by atoms with Crippen LogP contribution in [0, 0.1) is 11.3 Å². The van der Waals surface area contributed by atoms with E-state index in [1.54, 1.807) is 27.4 Å². The Kier molecular flexibility index (Phi) is 7.66. The van der Waals surface area contributed by atoms with E-state index in [1.165, 1.54) is 11.3 Å². The first-order valence-corrected chi connectivity index (χ1v) is 11.7. The van der Waals surface area contributed by atoms with Crippen molar-refractivity contribution in [1.29, 1.82) is 5.26 Å². The SMILES string of the molecule is COc1ccc(-c2csc(/C(C#N)=C\c3ccc(OCc4ccccc4)c(OC)c3)n2)cc1OC. The standard InChI is InChI=1S/C28H24N2O4S/c1-31-24-12-10-21(15-27(24)33-3)23-18-35-28(30-23)22(16-29)13-20-9-11-25(26(14-20)32-2)34-17-19-7-5-4-6-8-19/h4-15,18H,17H2,1-3H3/b22-13-. The molecule has 0 amide bonds. The maximum Gasteiger partial charge on any atom is 0.161 e. The van der Waals surface area contributed by atoms with Gasteiger partial charge < -0.3 is 18.9 Å². The Morgan fingerprint density at radius 2 is 1.60 bits per heavy atom. The van der Waals surface area contributed by atoms with Crippen LogP contribution < -0.4 is 18.9 Å². The van der Waals surface area contributed by atoms with Gasteiger partial charge in [-0.05, 0) is 47.5 Å². The van der Waals surface area contributed by atoms with Crippen molar-refractivity contribution in [2.75, 3.05) is 21.3 Å². The lowest BCUT2D eigenvalue weighted by Gasteiger charge is -2.11. The third-order valence-electron chi connectivity index (χ3n) is 5.27. The van der Waals surface area contributed by atoms with Gasteiger partial charge in [0.1, 0.15) is 17.7 Å². The molecule has 4 aromatic rings. The topological polar surface area (TPSA) is 73.6 Å². The average Bonchev–Trinajstić information content (AvgIpc) is 3.41. The summed E-state index contributed by atoms with van der Waals surface area (Å²) >= 11 is 1.41. The molecule has 176 valence electrons. The molecule has 3 aromatic carbocycles.